The molecule has 2 heteroatoms. The van der Waals surface area contributed by atoms with E-state index in [2.05, 4.69) is 31.0 Å². The lowest BCUT2D eigenvalue weighted by atomic mass is 9.90. The van der Waals surface area contributed by atoms with Gasteiger partial charge >= 0.3 is 0 Å². The minimum atomic E-state index is 0.718. The standard InChI is InChI=1S/C14H30N2/c1-4-6-9-15-13(3)14-7-11-16(10-5-2)12-8-14/h13-15H,4-12H2,1-3H3. The number of piperidine rings is 1. The van der Waals surface area contributed by atoms with Crippen LogP contribution in [-0.2, 0) is 0 Å². The lowest BCUT2D eigenvalue weighted by molar-refractivity contribution is 0.163. The van der Waals surface area contributed by atoms with Crippen LogP contribution in [0.3, 0.4) is 0 Å². The molecule has 0 saturated carbocycles. The van der Waals surface area contributed by atoms with Crippen molar-refractivity contribution in [2.45, 2.75) is 58.9 Å². The fourth-order valence-electron chi connectivity index (χ4n) is 2.67. The van der Waals surface area contributed by atoms with E-state index in [1.807, 2.05) is 0 Å². The largest absolute Gasteiger partial charge is 0.314 e. The second kappa shape index (κ2) is 8.08. The average Bonchev–Trinajstić information content (AvgIpc) is 2.30. The van der Waals surface area contributed by atoms with Gasteiger partial charge in [0.15, 0.2) is 0 Å². The first-order valence-corrected chi connectivity index (χ1v) is 7.23. The lowest BCUT2D eigenvalue weighted by Crippen LogP contribution is -2.42. The van der Waals surface area contributed by atoms with E-state index in [9.17, 15) is 0 Å². The summed E-state index contributed by atoms with van der Waals surface area (Å²) in [5, 5.41) is 3.68. The van der Waals surface area contributed by atoms with Crippen LogP contribution in [0.15, 0.2) is 0 Å². The Kier molecular flexibility index (Phi) is 7.06. The van der Waals surface area contributed by atoms with Gasteiger partial charge in [-0.15, -0.1) is 0 Å². The molecule has 0 bridgehead atoms. The molecule has 0 aromatic rings. The van der Waals surface area contributed by atoms with Gasteiger partial charge in [-0.25, -0.2) is 0 Å². The summed E-state index contributed by atoms with van der Waals surface area (Å²) in [6, 6.07) is 0.718. The monoisotopic (exact) mass is 226 g/mol. The van der Waals surface area contributed by atoms with Crippen LogP contribution in [0.4, 0.5) is 0 Å². The van der Waals surface area contributed by atoms with Crippen LogP contribution >= 0.6 is 0 Å². The van der Waals surface area contributed by atoms with Gasteiger partial charge in [0.05, 0.1) is 0 Å². The van der Waals surface area contributed by atoms with Crippen molar-refractivity contribution in [1.82, 2.24) is 10.2 Å². The van der Waals surface area contributed by atoms with Gasteiger partial charge in [-0.05, 0) is 64.7 Å². The van der Waals surface area contributed by atoms with E-state index in [-0.39, 0.29) is 0 Å². The molecule has 2 nitrogen and oxygen atoms in total. The summed E-state index contributed by atoms with van der Waals surface area (Å²) < 4.78 is 0. The topological polar surface area (TPSA) is 15.3 Å². The summed E-state index contributed by atoms with van der Waals surface area (Å²) >= 11 is 0. The van der Waals surface area contributed by atoms with Crippen molar-refractivity contribution >= 4 is 0 Å². The maximum absolute atomic E-state index is 3.68. The highest BCUT2D eigenvalue weighted by molar-refractivity contribution is 4.79. The van der Waals surface area contributed by atoms with Crippen LogP contribution in [0.1, 0.15) is 52.9 Å². The Hall–Kier alpha value is -0.0800. The molecule has 0 aliphatic carbocycles. The predicted octanol–water partition coefficient (Wildman–Crippen LogP) is 2.89. The predicted molar refractivity (Wildman–Crippen MR) is 71.8 cm³/mol. The molecule has 1 fully saturated rings. The molecular formula is C14H30N2. The fraction of sp³-hybridized carbons (Fsp3) is 1.00. The zero-order valence-electron chi connectivity index (χ0n) is 11.5. The fourth-order valence-corrected chi connectivity index (χ4v) is 2.67. The SMILES string of the molecule is CCCCNC(C)C1CCN(CCC)CC1. The lowest BCUT2D eigenvalue weighted by Gasteiger charge is -2.35. The molecule has 1 aliphatic heterocycles. The Morgan fingerprint density at radius 2 is 1.88 bits per heavy atom. The number of nitrogens with zero attached hydrogens (tertiary/aromatic N) is 1. The van der Waals surface area contributed by atoms with Gasteiger partial charge in [0.1, 0.15) is 0 Å². The Morgan fingerprint density at radius 1 is 1.19 bits per heavy atom. The number of likely N-dealkylation sites (tertiary alicyclic amines) is 1. The van der Waals surface area contributed by atoms with Crippen molar-refractivity contribution in [3.05, 3.63) is 0 Å². The van der Waals surface area contributed by atoms with Gasteiger partial charge in [0, 0.05) is 6.04 Å². The molecule has 1 N–H and O–H groups in total. The number of unbranched alkanes of at least 4 members (excludes halogenated alkanes) is 1. The van der Waals surface area contributed by atoms with Crippen LogP contribution in [0.2, 0.25) is 0 Å². The van der Waals surface area contributed by atoms with Crippen LogP contribution in [0, 0.1) is 5.92 Å². The first-order valence-electron chi connectivity index (χ1n) is 7.23. The quantitative estimate of drug-likeness (QED) is 0.672. The number of nitrogens with one attached hydrogen (secondary N) is 1. The average molecular weight is 226 g/mol. The highest BCUT2D eigenvalue weighted by Gasteiger charge is 2.22. The van der Waals surface area contributed by atoms with Crippen molar-refractivity contribution in [1.29, 1.82) is 0 Å². The molecular weight excluding hydrogens is 196 g/mol. The smallest absolute Gasteiger partial charge is 0.00679 e. The molecule has 1 saturated heterocycles. The van der Waals surface area contributed by atoms with Crippen molar-refractivity contribution in [3.8, 4) is 0 Å². The van der Waals surface area contributed by atoms with Crippen LogP contribution in [-0.4, -0.2) is 37.1 Å². The maximum atomic E-state index is 3.68. The Morgan fingerprint density at radius 3 is 2.44 bits per heavy atom. The summed E-state index contributed by atoms with van der Waals surface area (Å²) in [5.74, 6) is 0.907. The third kappa shape index (κ3) is 4.84. The van der Waals surface area contributed by atoms with Gasteiger partial charge in [-0.3, -0.25) is 0 Å². The van der Waals surface area contributed by atoms with E-state index >= 15 is 0 Å². The molecule has 0 aromatic carbocycles. The highest BCUT2D eigenvalue weighted by atomic mass is 15.1. The van der Waals surface area contributed by atoms with Crippen LogP contribution in [0.5, 0.6) is 0 Å². The van der Waals surface area contributed by atoms with E-state index in [0.717, 1.165) is 12.0 Å². The Balaban J connectivity index is 2.14. The zero-order chi connectivity index (χ0) is 11.8. The highest BCUT2D eigenvalue weighted by Crippen LogP contribution is 2.20. The number of hydrogen-bond acceptors (Lipinski definition) is 2. The maximum Gasteiger partial charge on any atom is 0.00679 e. The summed E-state index contributed by atoms with van der Waals surface area (Å²) in [4.78, 5) is 2.62. The third-order valence-electron chi connectivity index (χ3n) is 3.88. The molecule has 1 atom stereocenters. The van der Waals surface area contributed by atoms with E-state index in [4.69, 9.17) is 0 Å². The second-order valence-corrected chi connectivity index (χ2v) is 5.28. The number of rotatable bonds is 7. The Bertz CT molecular complexity index is 162. The molecule has 0 spiro atoms. The van der Waals surface area contributed by atoms with E-state index in [0.29, 0.717) is 0 Å². The summed E-state index contributed by atoms with van der Waals surface area (Å²) in [7, 11) is 0. The molecule has 1 unspecified atom stereocenters. The molecule has 1 rings (SSSR count). The minimum absolute atomic E-state index is 0.718. The molecule has 0 aromatic heterocycles. The molecule has 16 heavy (non-hydrogen) atoms. The minimum Gasteiger partial charge on any atom is -0.314 e. The summed E-state index contributed by atoms with van der Waals surface area (Å²) in [6.45, 7) is 12.0. The zero-order valence-corrected chi connectivity index (χ0v) is 11.5. The van der Waals surface area contributed by atoms with Gasteiger partial charge in [-0.1, -0.05) is 20.3 Å². The molecule has 0 radical (unpaired) electrons. The van der Waals surface area contributed by atoms with Gasteiger partial charge in [-0.2, -0.15) is 0 Å². The van der Waals surface area contributed by atoms with Gasteiger partial charge in [0.25, 0.3) is 0 Å². The second-order valence-electron chi connectivity index (χ2n) is 5.28. The van der Waals surface area contributed by atoms with Crippen LogP contribution < -0.4 is 5.32 Å². The third-order valence-corrected chi connectivity index (χ3v) is 3.88. The van der Waals surface area contributed by atoms with Crippen molar-refractivity contribution < 1.29 is 0 Å². The van der Waals surface area contributed by atoms with Crippen molar-refractivity contribution in [2.24, 2.45) is 5.92 Å². The van der Waals surface area contributed by atoms with Crippen LogP contribution in [0.25, 0.3) is 0 Å². The van der Waals surface area contributed by atoms with Crippen molar-refractivity contribution in [2.75, 3.05) is 26.2 Å². The summed E-state index contributed by atoms with van der Waals surface area (Å²) in [5.41, 5.74) is 0. The van der Waals surface area contributed by atoms with E-state index in [1.165, 1.54) is 58.3 Å². The van der Waals surface area contributed by atoms with E-state index < -0.39 is 0 Å². The molecule has 1 heterocycles. The van der Waals surface area contributed by atoms with Gasteiger partial charge in [0.2, 0.25) is 0 Å². The molecule has 0 amide bonds. The first kappa shape index (κ1) is 14.0. The number of hydrogen-bond donors (Lipinski definition) is 1. The van der Waals surface area contributed by atoms with Gasteiger partial charge < -0.3 is 10.2 Å². The first-order chi connectivity index (χ1) is 7.77. The normalized spacial score (nSPS) is 21.2. The molecule has 1 aliphatic rings. The molecule has 96 valence electrons. The van der Waals surface area contributed by atoms with E-state index in [1.54, 1.807) is 0 Å². The Labute approximate surface area is 102 Å². The van der Waals surface area contributed by atoms with Crippen molar-refractivity contribution in [3.63, 3.8) is 0 Å². The summed E-state index contributed by atoms with van der Waals surface area (Å²) in [6.07, 6.45) is 6.70.